The van der Waals surface area contributed by atoms with Gasteiger partial charge in [0, 0.05) is 10.4 Å². The van der Waals surface area contributed by atoms with Crippen LogP contribution in [0.1, 0.15) is 0 Å². The van der Waals surface area contributed by atoms with Gasteiger partial charge >= 0.3 is 5.56 Å². The standard InChI is InChI=1S/C18H10ClNO3S/c19-11-5-3-6-12(9-11)20-17(22)15(21)16-13(18(20)24)8-10-4-1-2-7-14(10)23-16/h1-9,21H. The summed E-state index contributed by atoms with van der Waals surface area (Å²) in [6.45, 7) is 0. The summed E-state index contributed by atoms with van der Waals surface area (Å²) in [5, 5.41) is 11.6. The molecule has 4 nitrogen and oxygen atoms in total. The largest absolute Gasteiger partial charge is 0.500 e. The first-order chi connectivity index (χ1) is 11.6. The van der Waals surface area contributed by atoms with Gasteiger partial charge in [0.2, 0.25) is 5.75 Å². The third-order valence-corrected chi connectivity index (χ3v) is 4.43. The Morgan fingerprint density at radius 2 is 1.88 bits per heavy atom. The van der Waals surface area contributed by atoms with E-state index in [4.69, 9.17) is 28.2 Å². The summed E-state index contributed by atoms with van der Waals surface area (Å²) in [7, 11) is 0. The molecule has 118 valence electrons. The number of rotatable bonds is 1. The van der Waals surface area contributed by atoms with Crippen LogP contribution in [0.4, 0.5) is 0 Å². The summed E-state index contributed by atoms with van der Waals surface area (Å²) in [6, 6.07) is 15.9. The molecule has 6 heteroatoms. The molecule has 0 saturated heterocycles. The highest BCUT2D eigenvalue weighted by atomic mass is 35.5. The van der Waals surface area contributed by atoms with E-state index in [2.05, 4.69) is 0 Å². The molecule has 2 aliphatic rings. The summed E-state index contributed by atoms with van der Waals surface area (Å²) < 4.78 is 7.20. The summed E-state index contributed by atoms with van der Waals surface area (Å²) >= 11 is 11.5. The maximum absolute atomic E-state index is 12.6. The quantitative estimate of drug-likeness (QED) is 0.394. The van der Waals surface area contributed by atoms with Crippen LogP contribution < -0.4 is 5.56 Å². The van der Waals surface area contributed by atoms with Gasteiger partial charge in [0.1, 0.15) is 10.2 Å². The zero-order valence-electron chi connectivity index (χ0n) is 12.2. The molecule has 0 bridgehead atoms. The highest BCUT2D eigenvalue weighted by molar-refractivity contribution is 7.71. The lowest BCUT2D eigenvalue weighted by Crippen LogP contribution is -2.20. The van der Waals surface area contributed by atoms with E-state index < -0.39 is 11.3 Å². The number of fused-ring (bicyclic) bond motifs is 2. The number of halogens is 1. The number of hydrogen-bond donors (Lipinski definition) is 1. The van der Waals surface area contributed by atoms with Crippen LogP contribution in [0.15, 0.2) is 63.8 Å². The van der Waals surface area contributed by atoms with Crippen molar-refractivity contribution in [3.8, 4) is 22.8 Å². The molecule has 0 aromatic heterocycles. The van der Waals surface area contributed by atoms with Crippen LogP contribution in [0.2, 0.25) is 5.02 Å². The molecule has 0 saturated carbocycles. The van der Waals surface area contributed by atoms with Crippen LogP contribution in [0, 0.1) is 4.64 Å². The Balaban J connectivity index is 2.17. The first-order valence-electron chi connectivity index (χ1n) is 7.13. The molecule has 2 aromatic carbocycles. The molecule has 0 fully saturated rings. The van der Waals surface area contributed by atoms with Crippen molar-refractivity contribution < 1.29 is 9.52 Å². The Hall–Kier alpha value is -2.63. The van der Waals surface area contributed by atoms with Gasteiger partial charge in [-0.05, 0) is 30.3 Å². The molecule has 0 spiro atoms. The van der Waals surface area contributed by atoms with Gasteiger partial charge < -0.3 is 9.52 Å². The summed E-state index contributed by atoms with van der Waals surface area (Å²) in [5.74, 6) is -0.397. The highest BCUT2D eigenvalue weighted by Crippen LogP contribution is 2.34. The maximum Gasteiger partial charge on any atom is 0.302 e. The molecule has 0 unspecified atom stereocenters. The molecule has 0 aliphatic carbocycles. The fraction of sp³-hybridized carbons (Fsp3) is 0. The lowest BCUT2D eigenvalue weighted by molar-refractivity contribution is 0.443. The first kappa shape index (κ1) is 14.9. The van der Waals surface area contributed by atoms with Crippen molar-refractivity contribution in [3.63, 3.8) is 0 Å². The van der Waals surface area contributed by atoms with E-state index in [0.29, 0.717) is 21.9 Å². The van der Waals surface area contributed by atoms with E-state index in [0.717, 1.165) is 5.39 Å². The zero-order valence-corrected chi connectivity index (χ0v) is 13.8. The molecule has 2 aromatic rings. The third kappa shape index (κ3) is 2.21. The lowest BCUT2D eigenvalue weighted by Gasteiger charge is -2.14. The minimum Gasteiger partial charge on any atom is -0.500 e. The topological polar surface area (TPSA) is 55.4 Å². The number of para-hydroxylation sites is 1. The van der Waals surface area contributed by atoms with Crippen molar-refractivity contribution in [2.75, 3.05) is 0 Å². The molecular weight excluding hydrogens is 346 g/mol. The van der Waals surface area contributed by atoms with Crippen molar-refractivity contribution in [1.82, 2.24) is 4.57 Å². The van der Waals surface area contributed by atoms with Crippen LogP contribution in [0.5, 0.6) is 5.75 Å². The smallest absolute Gasteiger partial charge is 0.302 e. The lowest BCUT2D eigenvalue weighted by atomic mass is 10.1. The fourth-order valence-corrected chi connectivity index (χ4v) is 3.20. The van der Waals surface area contributed by atoms with Crippen molar-refractivity contribution in [2.24, 2.45) is 0 Å². The monoisotopic (exact) mass is 355 g/mol. The molecule has 1 N–H and O–H groups in total. The third-order valence-electron chi connectivity index (χ3n) is 3.80. The van der Waals surface area contributed by atoms with Gasteiger partial charge in [-0.15, -0.1) is 0 Å². The fourth-order valence-electron chi connectivity index (χ4n) is 2.68. The van der Waals surface area contributed by atoms with E-state index in [1.165, 1.54) is 4.57 Å². The van der Waals surface area contributed by atoms with Crippen molar-refractivity contribution in [1.29, 1.82) is 0 Å². The van der Waals surface area contributed by atoms with Gasteiger partial charge in [-0.1, -0.05) is 48.1 Å². The van der Waals surface area contributed by atoms with Gasteiger partial charge in [0.15, 0.2) is 5.76 Å². The zero-order chi connectivity index (χ0) is 16.8. The van der Waals surface area contributed by atoms with Gasteiger partial charge in [0.25, 0.3) is 0 Å². The van der Waals surface area contributed by atoms with Crippen LogP contribution in [-0.2, 0) is 0 Å². The molecule has 0 radical (unpaired) electrons. The van der Waals surface area contributed by atoms with Crippen LogP contribution in [0.25, 0.3) is 28.0 Å². The van der Waals surface area contributed by atoms with Gasteiger partial charge in [0.05, 0.1) is 11.3 Å². The van der Waals surface area contributed by atoms with Gasteiger partial charge in [-0.3, -0.25) is 9.36 Å². The highest BCUT2D eigenvalue weighted by Gasteiger charge is 2.21. The normalized spacial score (nSPS) is 11.2. The second kappa shape index (κ2) is 5.47. The second-order valence-electron chi connectivity index (χ2n) is 5.30. The number of benzene rings is 2. The number of nitrogens with zero attached hydrogens (tertiary/aromatic N) is 1. The number of aromatic nitrogens is 1. The average molecular weight is 356 g/mol. The minimum absolute atomic E-state index is 0.0852. The van der Waals surface area contributed by atoms with Crippen LogP contribution >= 0.6 is 23.8 Å². The van der Waals surface area contributed by atoms with E-state index in [9.17, 15) is 9.90 Å². The predicted molar refractivity (Wildman–Crippen MR) is 95.9 cm³/mol. The second-order valence-corrected chi connectivity index (χ2v) is 6.12. The summed E-state index contributed by atoms with van der Waals surface area (Å²) in [6.07, 6.45) is 0. The minimum atomic E-state index is -0.645. The number of pyridine rings is 1. The average Bonchev–Trinajstić information content (AvgIpc) is 2.59. The van der Waals surface area contributed by atoms with E-state index in [-0.39, 0.29) is 10.4 Å². The Morgan fingerprint density at radius 1 is 1.08 bits per heavy atom. The molecule has 24 heavy (non-hydrogen) atoms. The predicted octanol–water partition coefficient (Wildman–Crippen LogP) is 4.78. The Labute approximate surface area is 146 Å². The number of hydrogen-bond acceptors (Lipinski definition) is 4. The van der Waals surface area contributed by atoms with Crippen molar-refractivity contribution in [3.05, 3.63) is 74.6 Å². The molecule has 2 heterocycles. The van der Waals surface area contributed by atoms with Crippen molar-refractivity contribution in [2.45, 2.75) is 0 Å². The van der Waals surface area contributed by atoms with E-state index >= 15 is 0 Å². The Bertz CT molecular complexity index is 1180. The SMILES string of the molecule is O=c1c(O)c2oc3ccccc3cc-2c(=S)n1-c1cccc(Cl)c1. The first-order valence-corrected chi connectivity index (χ1v) is 7.91. The summed E-state index contributed by atoms with van der Waals surface area (Å²) in [5.41, 5.74) is 0.895. The van der Waals surface area contributed by atoms with E-state index in [1.54, 1.807) is 36.4 Å². The van der Waals surface area contributed by atoms with Crippen molar-refractivity contribution >= 4 is 34.8 Å². The Morgan fingerprint density at radius 3 is 2.67 bits per heavy atom. The molecule has 2 aliphatic heterocycles. The number of aromatic hydroxyl groups is 1. The van der Waals surface area contributed by atoms with Crippen LogP contribution in [-0.4, -0.2) is 9.67 Å². The maximum atomic E-state index is 12.6. The Kier molecular flexibility index (Phi) is 3.40. The molecule has 0 atom stereocenters. The van der Waals surface area contributed by atoms with Gasteiger partial charge in [-0.2, -0.15) is 0 Å². The van der Waals surface area contributed by atoms with Crippen LogP contribution in [0.3, 0.4) is 0 Å². The molecular formula is C18H10ClNO3S. The van der Waals surface area contributed by atoms with Gasteiger partial charge in [-0.25, -0.2) is 0 Å². The molecule has 4 rings (SSSR count). The van der Waals surface area contributed by atoms with E-state index in [1.807, 2.05) is 18.2 Å². The molecule has 0 amide bonds. The summed E-state index contributed by atoms with van der Waals surface area (Å²) in [4.78, 5) is 12.6.